The summed E-state index contributed by atoms with van der Waals surface area (Å²) in [7, 11) is -5.00. The number of carbonyl (C=O) groups excluding carboxylic acids is 6. The van der Waals surface area contributed by atoms with Gasteiger partial charge >= 0.3 is 31.7 Å². The molecule has 0 aromatic heterocycles. The molecule has 1 aliphatic carbocycles. The Morgan fingerprint density at radius 3 is 1.75 bits per heavy atom. The molecule has 2 fully saturated rings. The molecule has 6 N–H and O–H groups in total. The van der Waals surface area contributed by atoms with Gasteiger partial charge in [-0.3, -0.25) is 18.7 Å². The minimum absolute atomic E-state index is 0.0732. The minimum atomic E-state index is -5.00. The Morgan fingerprint density at radius 1 is 0.688 bits per heavy atom. The van der Waals surface area contributed by atoms with Crippen LogP contribution in [0.3, 0.4) is 0 Å². The van der Waals surface area contributed by atoms with E-state index in [4.69, 9.17) is 18.7 Å². The van der Waals surface area contributed by atoms with Gasteiger partial charge in [0.05, 0.1) is 0 Å². The van der Waals surface area contributed by atoms with Crippen molar-refractivity contribution in [3.63, 3.8) is 0 Å². The van der Waals surface area contributed by atoms with Crippen molar-refractivity contribution in [1.82, 2.24) is 26.6 Å². The van der Waals surface area contributed by atoms with E-state index in [0.717, 1.165) is 17.5 Å². The monoisotopic (exact) mass is 905 g/mol. The fourth-order valence-electron chi connectivity index (χ4n) is 7.03. The molecule has 2 aliphatic rings. The third-order valence-corrected chi connectivity index (χ3v) is 12.6. The van der Waals surface area contributed by atoms with Crippen molar-refractivity contribution in [1.29, 1.82) is 0 Å². The van der Waals surface area contributed by atoms with Gasteiger partial charge in [-0.1, -0.05) is 97.4 Å². The molecule has 5 atom stereocenters. The molecule has 64 heavy (non-hydrogen) atoms. The van der Waals surface area contributed by atoms with Gasteiger partial charge in [0.2, 0.25) is 11.8 Å². The molecule has 4 amide bonds. The van der Waals surface area contributed by atoms with Crippen molar-refractivity contribution in [2.75, 3.05) is 19.6 Å². The Morgan fingerprint density at radius 2 is 1.23 bits per heavy atom. The molecule has 5 rings (SSSR count). The SMILES string of the molecule is O=C(NCCCCC(NC(=O)C1CCC1)C(=O)NC(Cc1ccccc1)P(=O)(O)OC(CCCCNC(=O)OCc1ccccc1)C(=O)OC(=O)[C@@H]1CCCN1)OCc1ccccc1. The summed E-state index contributed by atoms with van der Waals surface area (Å²) in [6.45, 7) is 1.12. The van der Waals surface area contributed by atoms with Gasteiger partial charge in [0.1, 0.15) is 31.1 Å². The van der Waals surface area contributed by atoms with Gasteiger partial charge in [-0.15, -0.1) is 0 Å². The quantitative estimate of drug-likeness (QED) is 0.0202. The van der Waals surface area contributed by atoms with Crippen LogP contribution in [-0.2, 0) is 62.1 Å². The van der Waals surface area contributed by atoms with Crippen LogP contribution in [0.5, 0.6) is 0 Å². The number of carbonyl (C=O) groups is 6. The standard InChI is InChI=1S/C46H60N5O12P/c52-41(36-22-14-23-36)50-37(24-10-12-27-48-45(56)60-31-34-18-6-2-7-19-34)42(53)51-40(30-33-16-4-1-5-17-33)64(58,59)63-39(44(55)62-43(54)38-25-15-29-47-38)26-11-13-28-49-46(57)61-32-35-20-8-3-9-21-35/h1-9,16-21,36-40,47H,10-15,22-32H2,(H,48,56)(H,49,57)(H,50,52)(H,51,53)(H,58,59)/t37?,38-,39?,40?/m0/s1. The molecule has 346 valence electrons. The van der Waals surface area contributed by atoms with Gasteiger partial charge in [-0.25, -0.2) is 19.2 Å². The summed E-state index contributed by atoms with van der Waals surface area (Å²) in [6.07, 6.45) is 1.52. The maximum absolute atomic E-state index is 14.4. The summed E-state index contributed by atoms with van der Waals surface area (Å²) in [5.41, 5.74) is 2.21. The van der Waals surface area contributed by atoms with E-state index in [1.54, 1.807) is 30.3 Å². The molecule has 0 spiro atoms. The van der Waals surface area contributed by atoms with Crippen molar-refractivity contribution < 1.29 is 57.0 Å². The molecule has 1 heterocycles. The molecule has 4 unspecified atom stereocenters. The molecular weight excluding hydrogens is 846 g/mol. The fraction of sp³-hybridized carbons (Fsp3) is 0.478. The number of benzene rings is 3. The number of alkyl carbamates (subject to hydrolysis) is 2. The zero-order valence-corrected chi connectivity index (χ0v) is 36.8. The second-order valence-corrected chi connectivity index (χ2v) is 17.9. The molecular formula is C46H60N5O12P. The van der Waals surface area contributed by atoms with Crippen molar-refractivity contribution in [2.45, 2.75) is 114 Å². The lowest BCUT2D eigenvalue weighted by Gasteiger charge is -2.30. The third-order valence-electron chi connectivity index (χ3n) is 10.9. The maximum atomic E-state index is 14.4. The van der Waals surface area contributed by atoms with Crippen LogP contribution < -0.4 is 26.6 Å². The first kappa shape index (κ1) is 49.4. The number of unbranched alkanes of at least 4 members (excludes halogenated alkanes) is 2. The van der Waals surface area contributed by atoms with Gasteiger partial charge in [0.25, 0.3) is 0 Å². The molecule has 0 bridgehead atoms. The average molecular weight is 906 g/mol. The Labute approximate surface area is 373 Å². The normalized spacial score (nSPS) is 17.0. The van der Waals surface area contributed by atoms with E-state index in [1.807, 2.05) is 60.7 Å². The van der Waals surface area contributed by atoms with Crippen molar-refractivity contribution in [2.24, 2.45) is 5.92 Å². The number of rotatable bonds is 25. The topological polar surface area (TPSA) is 237 Å². The van der Waals surface area contributed by atoms with E-state index < -0.39 is 61.6 Å². The smallest absolute Gasteiger partial charge is 0.407 e. The van der Waals surface area contributed by atoms with Gasteiger partial charge in [-0.2, -0.15) is 0 Å². The van der Waals surface area contributed by atoms with Gasteiger partial charge in [-0.05, 0) is 87.4 Å². The average Bonchev–Trinajstić information content (AvgIpc) is 3.83. The number of esters is 2. The van der Waals surface area contributed by atoms with Crippen LogP contribution in [0.4, 0.5) is 9.59 Å². The highest BCUT2D eigenvalue weighted by Gasteiger charge is 2.41. The highest BCUT2D eigenvalue weighted by atomic mass is 31.2. The second kappa shape index (κ2) is 26.2. The first-order valence-corrected chi connectivity index (χ1v) is 23.6. The number of nitrogens with one attached hydrogen (secondary N) is 5. The lowest BCUT2D eigenvalue weighted by Crippen LogP contribution is -2.52. The van der Waals surface area contributed by atoms with Crippen molar-refractivity contribution >= 4 is 43.5 Å². The Hall–Kier alpha value is -5.61. The molecule has 1 aliphatic heterocycles. The maximum Gasteiger partial charge on any atom is 0.407 e. The number of hydrogen-bond acceptors (Lipinski definition) is 12. The van der Waals surface area contributed by atoms with E-state index in [0.29, 0.717) is 57.1 Å². The highest BCUT2D eigenvalue weighted by Crippen LogP contribution is 2.49. The first-order chi connectivity index (χ1) is 31.0. The number of amides is 4. The zero-order valence-electron chi connectivity index (χ0n) is 36.0. The minimum Gasteiger partial charge on any atom is -0.445 e. The molecule has 18 heteroatoms. The van der Waals surface area contributed by atoms with Crippen LogP contribution in [0.2, 0.25) is 0 Å². The molecule has 1 saturated heterocycles. The number of ether oxygens (including phenoxy) is 3. The highest BCUT2D eigenvalue weighted by molar-refractivity contribution is 7.53. The third kappa shape index (κ3) is 17.2. The van der Waals surface area contributed by atoms with Crippen molar-refractivity contribution in [3.8, 4) is 0 Å². The molecule has 3 aromatic carbocycles. The van der Waals surface area contributed by atoms with Crippen molar-refractivity contribution in [3.05, 3.63) is 108 Å². The zero-order chi connectivity index (χ0) is 45.6. The lowest BCUT2D eigenvalue weighted by molar-refractivity contribution is -0.166. The first-order valence-electron chi connectivity index (χ1n) is 22.0. The predicted octanol–water partition coefficient (Wildman–Crippen LogP) is 5.54. The largest absolute Gasteiger partial charge is 0.445 e. The van der Waals surface area contributed by atoms with Gasteiger partial charge in [0, 0.05) is 25.4 Å². The van der Waals surface area contributed by atoms with E-state index in [-0.39, 0.29) is 63.8 Å². The van der Waals surface area contributed by atoms with Crippen LogP contribution in [0.25, 0.3) is 0 Å². The van der Waals surface area contributed by atoms with E-state index in [1.165, 1.54) is 0 Å². The van der Waals surface area contributed by atoms with Gasteiger partial charge < -0.3 is 45.7 Å². The van der Waals surface area contributed by atoms with Gasteiger partial charge in [0.15, 0.2) is 6.10 Å². The molecule has 0 radical (unpaired) electrons. The summed E-state index contributed by atoms with van der Waals surface area (Å²) in [5, 5.41) is 13.7. The van der Waals surface area contributed by atoms with E-state index in [2.05, 4.69) is 26.6 Å². The molecule has 1 saturated carbocycles. The Kier molecular flexibility index (Phi) is 20.3. The Bertz CT molecular complexity index is 2000. The van der Waals surface area contributed by atoms with Crippen LogP contribution in [0.15, 0.2) is 91.0 Å². The summed E-state index contributed by atoms with van der Waals surface area (Å²) in [4.78, 5) is 89.9. The van der Waals surface area contributed by atoms with Crippen LogP contribution in [0, 0.1) is 5.92 Å². The molecule has 3 aromatic rings. The van der Waals surface area contributed by atoms with Crippen LogP contribution in [0.1, 0.15) is 87.3 Å². The lowest BCUT2D eigenvalue weighted by atomic mass is 9.84. The molecule has 17 nitrogen and oxygen atoms in total. The summed E-state index contributed by atoms with van der Waals surface area (Å²) < 4.78 is 35.8. The predicted molar refractivity (Wildman–Crippen MR) is 235 cm³/mol. The van der Waals surface area contributed by atoms with E-state index in [9.17, 15) is 38.2 Å². The summed E-state index contributed by atoms with van der Waals surface area (Å²) in [6, 6.07) is 25.1. The fourth-order valence-corrected chi connectivity index (χ4v) is 8.46. The van der Waals surface area contributed by atoms with Crippen LogP contribution >= 0.6 is 7.60 Å². The second-order valence-electron chi connectivity index (χ2n) is 15.9. The summed E-state index contributed by atoms with van der Waals surface area (Å²) >= 11 is 0. The Balaban J connectivity index is 1.22. The van der Waals surface area contributed by atoms with E-state index >= 15 is 0 Å². The van der Waals surface area contributed by atoms with Crippen LogP contribution in [-0.4, -0.2) is 84.4 Å². The number of hydrogen-bond donors (Lipinski definition) is 6. The summed E-state index contributed by atoms with van der Waals surface area (Å²) in [5.74, 6) is -4.92.